The second-order valence-electron chi connectivity index (χ2n) is 13.8. The standard InChI is InChI=1S/C42H29BN2/c1-24-19-21-26(22-20-24)45-34-18-9-8-15-30(34)35-28-13-6-7-14-29(28)36-31-23-25-11-4-5-12-27(25)37-39(31)44-40-32(42(37,2)3)16-10-17-33(40)43(45)38(35)41(36)44/h4-23H,1-3H3. The molecule has 0 aliphatic carbocycles. The van der Waals surface area contributed by atoms with Crippen molar-refractivity contribution in [1.82, 2.24) is 4.57 Å². The highest BCUT2D eigenvalue weighted by Gasteiger charge is 2.48. The van der Waals surface area contributed by atoms with E-state index in [1.807, 2.05) is 0 Å². The van der Waals surface area contributed by atoms with Gasteiger partial charge < -0.3 is 9.38 Å². The molecule has 0 N–H and O–H groups in total. The molecule has 0 saturated heterocycles. The van der Waals surface area contributed by atoms with Gasteiger partial charge in [-0.3, -0.25) is 0 Å². The minimum absolute atomic E-state index is 0.0447. The third kappa shape index (κ3) is 2.68. The van der Waals surface area contributed by atoms with Crippen molar-refractivity contribution in [3.8, 4) is 16.8 Å². The molecule has 3 aliphatic heterocycles. The minimum atomic E-state index is -0.174. The molecule has 0 unspecified atom stereocenters. The van der Waals surface area contributed by atoms with Crippen LogP contribution < -0.4 is 15.7 Å². The highest BCUT2D eigenvalue weighted by atomic mass is 15.1. The van der Waals surface area contributed by atoms with Gasteiger partial charge in [-0.2, -0.15) is 0 Å². The van der Waals surface area contributed by atoms with Gasteiger partial charge in [0.1, 0.15) is 0 Å². The average Bonchev–Trinajstić information content (AvgIpc) is 3.41. The van der Waals surface area contributed by atoms with Crippen LogP contribution in [0.25, 0.3) is 60.2 Å². The third-order valence-electron chi connectivity index (χ3n) is 11.1. The number of rotatable bonds is 1. The van der Waals surface area contributed by atoms with Crippen LogP contribution in [-0.4, -0.2) is 11.4 Å². The molecule has 210 valence electrons. The molecule has 0 radical (unpaired) electrons. The number of fused-ring (bicyclic) bond motifs is 9. The zero-order valence-corrected chi connectivity index (χ0v) is 25.5. The highest BCUT2D eigenvalue weighted by molar-refractivity contribution is 6.94. The van der Waals surface area contributed by atoms with E-state index in [0.29, 0.717) is 0 Å². The van der Waals surface area contributed by atoms with Crippen LogP contribution in [0.3, 0.4) is 0 Å². The van der Waals surface area contributed by atoms with Gasteiger partial charge in [0.05, 0.1) is 11.0 Å². The van der Waals surface area contributed by atoms with E-state index in [1.165, 1.54) is 99.2 Å². The Morgan fingerprint density at radius 2 is 1.38 bits per heavy atom. The summed E-state index contributed by atoms with van der Waals surface area (Å²) in [5.41, 5.74) is 16.1. The Morgan fingerprint density at radius 3 is 2.22 bits per heavy atom. The van der Waals surface area contributed by atoms with Crippen LogP contribution in [0.1, 0.15) is 30.5 Å². The molecule has 11 rings (SSSR count). The molecule has 0 bridgehead atoms. The Balaban J connectivity index is 1.47. The molecule has 0 saturated carbocycles. The molecule has 0 fully saturated rings. The lowest BCUT2D eigenvalue weighted by molar-refractivity contribution is 0.637. The lowest BCUT2D eigenvalue weighted by Gasteiger charge is -2.45. The molecule has 3 aliphatic rings. The van der Waals surface area contributed by atoms with E-state index in [-0.39, 0.29) is 12.3 Å². The number of benzene rings is 7. The van der Waals surface area contributed by atoms with Gasteiger partial charge in [-0.05, 0) is 80.4 Å². The molecular weight excluding hydrogens is 543 g/mol. The Labute approximate surface area is 262 Å². The van der Waals surface area contributed by atoms with Gasteiger partial charge in [-0.15, -0.1) is 0 Å². The molecular formula is C42H29BN2. The number of para-hydroxylation sites is 2. The van der Waals surface area contributed by atoms with Crippen LogP contribution in [0.15, 0.2) is 121 Å². The van der Waals surface area contributed by atoms with Crippen molar-refractivity contribution >= 4 is 72.5 Å². The smallest absolute Gasteiger partial charge is 0.333 e. The van der Waals surface area contributed by atoms with Gasteiger partial charge in [0.25, 0.3) is 0 Å². The minimum Gasteiger partial charge on any atom is -0.376 e. The molecule has 7 aromatic carbocycles. The van der Waals surface area contributed by atoms with Crippen molar-refractivity contribution in [3.63, 3.8) is 0 Å². The van der Waals surface area contributed by atoms with E-state index in [9.17, 15) is 0 Å². The molecule has 3 heteroatoms. The molecule has 2 nitrogen and oxygen atoms in total. The van der Waals surface area contributed by atoms with Crippen LogP contribution in [-0.2, 0) is 5.41 Å². The Hall–Kier alpha value is -5.28. The van der Waals surface area contributed by atoms with E-state index in [2.05, 4.69) is 151 Å². The first-order valence-electron chi connectivity index (χ1n) is 16.1. The zero-order valence-electron chi connectivity index (χ0n) is 25.5. The van der Waals surface area contributed by atoms with Crippen molar-refractivity contribution in [3.05, 3.63) is 138 Å². The van der Waals surface area contributed by atoms with Crippen molar-refractivity contribution in [1.29, 1.82) is 0 Å². The van der Waals surface area contributed by atoms with Crippen LogP contribution in [0.2, 0.25) is 0 Å². The predicted octanol–water partition coefficient (Wildman–Crippen LogP) is 9.28. The fraction of sp³-hybridized carbons (Fsp3) is 0.0952. The van der Waals surface area contributed by atoms with Crippen molar-refractivity contribution in [2.45, 2.75) is 26.2 Å². The first kappa shape index (κ1) is 24.1. The van der Waals surface area contributed by atoms with E-state index < -0.39 is 0 Å². The van der Waals surface area contributed by atoms with Crippen LogP contribution in [0.5, 0.6) is 0 Å². The predicted molar refractivity (Wildman–Crippen MR) is 192 cm³/mol. The van der Waals surface area contributed by atoms with E-state index in [0.717, 1.165) is 0 Å². The van der Waals surface area contributed by atoms with Crippen LogP contribution in [0.4, 0.5) is 11.4 Å². The van der Waals surface area contributed by atoms with Crippen LogP contribution >= 0.6 is 0 Å². The molecule has 45 heavy (non-hydrogen) atoms. The number of aryl methyl sites for hydroxylation is 1. The maximum absolute atomic E-state index is 2.69. The van der Waals surface area contributed by atoms with Gasteiger partial charge in [0, 0.05) is 38.8 Å². The number of anilines is 2. The molecule has 0 amide bonds. The van der Waals surface area contributed by atoms with E-state index in [4.69, 9.17) is 0 Å². The average molecular weight is 573 g/mol. The zero-order chi connectivity index (χ0) is 29.8. The second-order valence-corrected chi connectivity index (χ2v) is 13.8. The first-order chi connectivity index (χ1) is 22.0. The molecule has 0 spiro atoms. The Kier molecular flexibility index (Phi) is 4.21. The summed E-state index contributed by atoms with van der Waals surface area (Å²) in [6.45, 7) is 7.11. The van der Waals surface area contributed by atoms with Crippen molar-refractivity contribution in [2.75, 3.05) is 4.81 Å². The lowest BCUT2D eigenvalue weighted by Crippen LogP contribution is -2.61. The van der Waals surface area contributed by atoms with Crippen LogP contribution in [0, 0.1) is 6.92 Å². The van der Waals surface area contributed by atoms with E-state index in [1.54, 1.807) is 0 Å². The fourth-order valence-electron chi connectivity index (χ4n) is 9.36. The SMILES string of the molecule is Cc1ccc(N2B3c4cccc5c4-n4c6c(c7ccccc7cc6c6c7ccccc7c(c3c64)-c3ccccc32)C5(C)C)cc1. The first-order valence-corrected chi connectivity index (χ1v) is 16.1. The van der Waals surface area contributed by atoms with Gasteiger partial charge in [-0.1, -0.05) is 116 Å². The summed E-state index contributed by atoms with van der Waals surface area (Å²) in [7, 11) is 0. The topological polar surface area (TPSA) is 8.17 Å². The number of hydrogen-bond donors (Lipinski definition) is 0. The summed E-state index contributed by atoms with van der Waals surface area (Å²) < 4.78 is 2.69. The fourth-order valence-corrected chi connectivity index (χ4v) is 9.36. The quantitative estimate of drug-likeness (QED) is 0.178. The molecule has 1 aromatic heterocycles. The number of nitrogens with zero attached hydrogens (tertiary/aromatic N) is 2. The van der Waals surface area contributed by atoms with Gasteiger partial charge in [-0.25, -0.2) is 0 Å². The normalized spacial score (nSPS) is 15.1. The summed E-state index contributed by atoms with van der Waals surface area (Å²) in [5, 5.41) is 8.11. The number of hydrogen-bond acceptors (Lipinski definition) is 1. The van der Waals surface area contributed by atoms with E-state index >= 15 is 0 Å². The summed E-state index contributed by atoms with van der Waals surface area (Å²) in [6.07, 6.45) is 0. The third-order valence-corrected chi connectivity index (χ3v) is 11.1. The molecule has 4 heterocycles. The Bertz CT molecular complexity index is 2640. The number of aromatic nitrogens is 1. The maximum atomic E-state index is 2.69. The maximum Gasteiger partial charge on any atom is 0.333 e. The highest BCUT2D eigenvalue weighted by Crippen LogP contribution is 2.54. The summed E-state index contributed by atoms with van der Waals surface area (Å²) in [6, 6.07) is 46.0. The van der Waals surface area contributed by atoms with Crippen molar-refractivity contribution < 1.29 is 0 Å². The van der Waals surface area contributed by atoms with Crippen molar-refractivity contribution in [2.24, 2.45) is 0 Å². The molecule has 8 aromatic rings. The van der Waals surface area contributed by atoms with Gasteiger partial charge in [0.15, 0.2) is 0 Å². The van der Waals surface area contributed by atoms with Gasteiger partial charge in [0.2, 0.25) is 0 Å². The Morgan fingerprint density at radius 1 is 0.644 bits per heavy atom. The molecule has 0 atom stereocenters. The summed E-state index contributed by atoms with van der Waals surface area (Å²) >= 11 is 0. The van der Waals surface area contributed by atoms with Gasteiger partial charge >= 0.3 is 6.85 Å². The largest absolute Gasteiger partial charge is 0.376 e. The lowest BCUT2D eigenvalue weighted by atomic mass is 9.43. The second kappa shape index (κ2) is 7.86. The monoisotopic (exact) mass is 572 g/mol. The summed E-state index contributed by atoms with van der Waals surface area (Å²) in [5.74, 6) is 0. The summed E-state index contributed by atoms with van der Waals surface area (Å²) in [4.78, 5) is 2.63.